The summed E-state index contributed by atoms with van der Waals surface area (Å²) < 4.78 is 1.95. The zero-order chi connectivity index (χ0) is 17.4. The second-order valence-corrected chi connectivity index (χ2v) is 5.62. The molecule has 7 heteroatoms. The standard InChI is InChI=1S/C18H16N6O/c19-10-11-6-8-24-15(9-11)23-16(12-1-3-13(25)4-2-12)17(24)14-5-7-21-18(20)22-14/h1-9,25H,10,19H2,(H2,20,21,22). The second-order valence-electron chi connectivity index (χ2n) is 5.62. The van der Waals surface area contributed by atoms with E-state index in [1.54, 1.807) is 24.4 Å². The highest BCUT2D eigenvalue weighted by Gasteiger charge is 2.17. The average molecular weight is 332 g/mol. The Balaban J connectivity index is 2.03. The van der Waals surface area contributed by atoms with Gasteiger partial charge >= 0.3 is 0 Å². The van der Waals surface area contributed by atoms with E-state index in [0.29, 0.717) is 12.2 Å². The number of aromatic nitrogens is 4. The molecule has 4 rings (SSSR count). The van der Waals surface area contributed by atoms with Gasteiger partial charge in [-0.2, -0.15) is 0 Å². The summed E-state index contributed by atoms with van der Waals surface area (Å²) in [7, 11) is 0. The predicted molar refractivity (Wildman–Crippen MR) is 95.6 cm³/mol. The summed E-state index contributed by atoms with van der Waals surface area (Å²) in [6.45, 7) is 0.438. The number of nitrogens with zero attached hydrogens (tertiary/aromatic N) is 4. The summed E-state index contributed by atoms with van der Waals surface area (Å²) in [6.07, 6.45) is 3.54. The molecule has 0 aliphatic rings. The molecule has 3 heterocycles. The van der Waals surface area contributed by atoms with E-state index < -0.39 is 0 Å². The molecule has 0 unspecified atom stereocenters. The Morgan fingerprint density at radius 1 is 1.04 bits per heavy atom. The van der Waals surface area contributed by atoms with Crippen LogP contribution in [0.25, 0.3) is 28.3 Å². The van der Waals surface area contributed by atoms with Gasteiger partial charge in [0.15, 0.2) is 0 Å². The maximum Gasteiger partial charge on any atom is 0.220 e. The van der Waals surface area contributed by atoms with E-state index in [2.05, 4.69) is 9.97 Å². The van der Waals surface area contributed by atoms with Gasteiger partial charge in [0.05, 0.1) is 17.1 Å². The van der Waals surface area contributed by atoms with Crippen LogP contribution in [0.15, 0.2) is 54.9 Å². The number of rotatable bonds is 3. The van der Waals surface area contributed by atoms with Crippen molar-refractivity contribution in [1.82, 2.24) is 19.4 Å². The third-order valence-corrected chi connectivity index (χ3v) is 3.98. The van der Waals surface area contributed by atoms with E-state index in [1.165, 1.54) is 0 Å². The number of aromatic hydroxyl groups is 1. The minimum Gasteiger partial charge on any atom is -0.508 e. The first-order valence-electron chi connectivity index (χ1n) is 7.75. The minimum atomic E-state index is 0.197. The molecule has 124 valence electrons. The average Bonchev–Trinajstić information content (AvgIpc) is 3.00. The third-order valence-electron chi connectivity index (χ3n) is 3.98. The number of phenols is 1. The van der Waals surface area contributed by atoms with Crippen molar-refractivity contribution in [3.8, 4) is 28.4 Å². The highest BCUT2D eigenvalue weighted by Crippen LogP contribution is 2.32. The second kappa shape index (κ2) is 5.88. The number of nitrogen functional groups attached to an aromatic ring is 1. The first-order chi connectivity index (χ1) is 12.2. The van der Waals surface area contributed by atoms with E-state index in [-0.39, 0.29) is 11.7 Å². The molecule has 0 saturated carbocycles. The predicted octanol–water partition coefficient (Wildman–Crippen LogP) is 2.20. The molecule has 0 radical (unpaired) electrons. The van der Waals surface area contributed by atoms with Crippen LogP contribution in [0.5, 0.6) is 5.75 Å². The Hall–Kier alpha value is -3.45. The first-order valence-corrected chi connectivity index (χ1v) is 7.75. The van der Waals surface area contributed by atoms with Gasteiger partial charge in [0.1, 0.15) is 11.4 Å². The molecule has 0 aliphatic heterocycles. The summed E-state index contributed by atoms with van der Waals surface area (Å²) in [5.74, 6) is 0.397. The van der Waals surface area contributed by atoms with Gasteiger partial charge in [-0.15, -0.1) is 0 Å². The van der Waals surface area contributed by atoms with E-state index >= 15 is 0 Å². The maximum atomic E-state index is 9.56. The van der Waals surface area contributed by atoms with Crippen molar-refractivity contribution in [2.75, 3.05) is 5.73 Å². The van der Waals surface area contributed by atoms with Gasteiger partial charge in [-0.3, -0.25) is 4.40 Å². The van der Waals surface area contributed by atoms with Gasteiger partial charge in [0.25, 0.3) is 0 Å². The summed E-state index contributed by atoms with van der Waals surface area (Å²) in [4.78, 5) is 13.1. The highest BCUT2D eigenvalue weighted by atomic mass is 16.3. The number of nitrogens with two attached hydrogens (primary N) is 2. The molecule has 7 nitrogen and oxygen atoms in total. The lowest BCUT2D eigenvalue weighted by Gasteiger charge is -2.06. The molecule has 0 fully saturated rings. The fourth-order valence-electron chi connectivity index (χ4n) is 2.78. The van der Waals surface area contributed by atoms with Crippen LogP contribution in [0.2, 0.25) is 0 Å². The first kappa shape index (κ1) is 15.1. The van der Waals surface area contributed by atoms with E-state index in [4.69, 9.17) is 16.5 Å². The lowest BCUT2D eigenvalue weighted by atomic mass is 10.1. The van der Waals surface area contributed by atoms with Crippen LogP contribution < -0.4 is 11.5 Å². The Morgan fingerprint density at radius 2 is 1.84 bits per heavy atom. The molecular formula is C18H16N6O. The highest BCUT2D eigenvalue weighted by molar-refractivity contribution is 5.81. The van der Waals surface area contributed by atoms with Gasteiger partial charge in [-0.25, -0.2) is 15.0 Å². The zero-order valence-electron chi connectivity index (χ0n) is 13.3. The number of imidazole rings is 1. The van der Waals surface area contributed by atoms with Crippen molar-refractivity contribution < 1.29 is 5.11 Å². The number of hydrogen-bond donors (Lipinski definition) is 3. The monoisotopic (exact) mass is 332 g/mol. The molecular weight excluding hydrogens is 316 g/mol. The quantitative estimate of drug-likeness (QED) is 0.530. The molecule has 0 bridgehead atoms. The Kier molecular flexibility index (Phi) is 3.55. The van der Waals surface area contributed by atoms with Gasteiger partial charge in [0, 0.05) is 24.5 Å². The summed E-state index contributed by atoms with van der Waals surface area (Å²) in [6, 6.07) is 12.6. The third kappa shape index (κ3) is 2.66. The van der Waals surface area contributed by atoms with Crippen LogP contribution >= 0.6 is 0 Å². The van der Waals surface area contributed by atoms with Crippen molar-refractivity contribution in [3.05, 3.63) is 60.4 Å². The number of fused-ring (bicyclic) bond motifs is 1. The summed E-state index contributed by atoms with van der Waals surface area (Å²) in [5.41, 5.74) is 16.3. The molecule has 0 saturated heterocycles. The summed E-state index contributed by atoms with van der Waals surface area (Å²) >= 11 is 0. The molecule has 4 aromatic rings. The number of pyridine rings is 1. The minimum absolute atomic E-state index is 0.197. The van der Waals surface area contributed by atoms with Crippen LogP contribution in [0.1, 0.15) is 5.56 Å². The van der Waals surface area contributed by atoms with E-state index in [1.807, 2.05) is 34.9 Å². The lowest BCUT2D eigenvalue weighted by molar-refractivity contribution is 0.475. The zero-order valence-corrected chi connectivity index (χ0v) is 13.3. The number of phenolic OH excluding ortho intramolecular Hbond substituents is 1. The van der Waals surface area contributed by atoms with E-state index in [9.17, 15) is 5.11 Å². The Morgan fingerprint density at radius 3 is 2.56 bits per heavy atom. The molecule has 25 heavy (non-hydrogen) atoms. The van der Waals surface area contributed by atoms with Gasteiger partial charge in [0.2, 0.25) is 5.95 Å². The topological polar surface area (TPSA) is 115 Å². The Bertz CT molecular complexity index is 1060. The SMILES string of the molecule is NCc1ccn2c(-c3ccnc(N)n3)c(-c3ccc(O)cc3)nc2c1. The van der Waals surface area contributed by atoms with Crippen LogP contribution in [0.4, 0.5) is 5.95 Å². The molecule has 3 aromatic heterocycles. The maximum absolute atomic E-state index is 9.56. The molecule has 0 spiro atoms. The lowest BCUT2D eigenvalue weighted by Crippen LogP contribution is -1.99. The van der Waals surface area contributed by atoms with Gasteiger partial charge in [-0.1, -0.05) is 0 Å². The van der Waals surface area contributed by atoms with Crippen LogP contribution in [0, 0.1) is 0 Å². The van der Waals surface area contributed by atoms with Crippen molar-refractivity contribution in [2.45, 2.75) is 6.54 Å². The van der Waals surface area contributed by atoms with Crippen molar-refractivity contribution in [2.24, 2.45) is 5.73 Å². The molecule has 1 aromatic carbocycles. The van der Waals surface area contributed by atoms with E-state index in [0.717, 1.165) is 28.2 Å². The van der Waals surface area contributed by atoms with Crippen molar-refractivity contribution in [3.63, 3.8) is 0 Å². The molecule has 0 amide bonds. The summed E-state index contributed by atoms with van der Waals surface area (Å²) in [5, 5.41) is 9.56. The smallest absolute Gasteiger partial charge is 0.220 e. The van der Waals surface area contributed by atoms with Crippen molar-refractivity contribution >= 4 is 11.6 Å². The molecule has 0 atom stereocenters. The van der Waals surface area contributed by atoms with Crippen LogP contribution in [0.3, 0.4) is 0 Å². The van der Waals surface area contributed by atoms with Gasteiger partial charge < -0.3 is 16.6 Å². The van der Waals surface area contributed by atoms with Crippen molar-refractivity contribution in [1.29, 1.82) is 0 Å². The van der Waals surface area contributed by atoms with Gasteiger partial charge in [-0.05, 0) is 48.0 Å². The number of hydrogen-bond acceptors (Lipinski definition) is 6. The van der Waals surface area contributed by atoms with Crippen LogP contribution in [-0.2, 0) is 6.54 Å². The fourth-order valence-corrected chi connectivity index (χ4v) is 2.78. The van der Waals surface area contributed by atoms with Crippen LogP contribution in [-0.4, -0.2) is 24.5 Å². The normalized spacial score (nSPS) is 11.1. The molecule has 5 N–H and O–H groups in total. The number of benzene rings is 1. The molecule has 0 aliphatic carbocycles. The largest absolute Gasteiger partial charge is 0.508 e. The fraction of sp³-hybridized carbons (Fsp3) is 0.0556. The number of anilines is 1. The Labute approximate surface area is 143 Å².